The van der Waals surface area contributed by atoms with Crippen LogP contribution >= 0.6 is 0 Å². The minimum atomic E-state index is -0.293. The van der Waals surface area contributed by atoms with Crippen molar-refractivity contribution >= 4 is 16.9 Å². The Labute approximate surface area is 171 Å². The van der Waals surface area contributed by atoms with Crippen LogP contribution in [0.15, 0.2) is 30.0 Å². The predicted octanol–water partition coefficient (Wildman–Crippen LogP) is 3.83. The van der Waals surface area contributed by atoms with Gasteiger partial charge in [0.1, 0.15) is 5.75 Å². The van der Waals surface area contributed by atoms with Crippen molar-refractivity contribution in [2.24, 2.45) is 11.8 Å². The minimum Gasteiger partial charge on any atom is -0.504 e. The smallest absolute Gasteiger partial charge is 0.337 e. The molecule has 0 aliphatic carbocycles. The van der Waals surface area contributed by atoms with Crippen molar-refractivity contribution in [3.63, 3.8) is 0 Å². The molecular formula is C23H30N2O4. The van der Waals surface area contributed by atoms with E-state index in [0.29, 0.717) is 11.5 Å². The van der Waals surface area contributed by atoms with E-state index in [1.54, 1.807) is 20.5 Å². The van der Waals surface area contributed by atoms with Gasteiger partial charge in [0.2, 0.25) is 0 Å². The maximum atomic E-state index is 12.5. The Morgan fingerprint density at radius 3 is 2.83 bits per heavy atom. The number of H-pyrrole nitrogens is 1. The van der Waals surface area contributed by atoms with Gasteiger partial charge >= 0.3 is 5.97 Å². The van der Waals surface area contributed by atoms with Crippen LogP contribution in [-0.4, -0.2) is 50.3 Å². The van der Waals surface area contributed by atoms with Crippen LogP contribution < -0.4 is 4.74 Å². The quantitative estimate of drug-likeness (QED) is 0.471. The second-order valence-corrected chi connectivity index (χ2v) is 7.97. The van der Waals surface area contributed by atoms with E-state index in [1.165, 1.54) is 23.8 Å². The molecule has 2 aliphatic rings. The summed E-state index contributed by atoms with van der Waals surface area (Å²) in [5, 5.41) is 1.19. The van der Waals surface area contributed by atoms with Gasteiger partial charge in [-0.25, -0.2) is 4.79 Å². The molecule has 0 radical (unpaired) electrons. The molecule has 2 aliphatic heterocycles. The van der Waals surface area contributed by atoms with Crippen molar-refractivity contribution in [1.82, 2.24) is 9.88 Å². The summed E-state index contributed by atoms with van der Waals surface area (Å²) in [5.74, 6) is 1.12. The van der Waals surface area contributed by atoms with Crippen molar-refractivity contribution in [2.75, 3.05) is 34.4 Å². The van der Waals surface area contributed by atoms with Gasteiger partial charge in [-0.15, -0.1) is 0 Å². The third-order valence-electron chi connectivity index (χ3n) is 6.67. The molecule has 0 bridgehead atoms. The van der Waals surface area contributed by atoms with E-state index in [1.807, 2.05) is 12.1 Å². The van der Waals surface area contributed by atoms with Crippen LogP contribution in [0, 0.1) is 11.8 Å². The number of hydrogen-bond donors (Lipinski definition) is 1. The van der Waals surface area contributed by atoms with Gasteiger partial charge in [-0.3, -0.25) is 4.90 Å². The molecule has 6 nitrogen and oxygen atoms in total. The fraction of sp³-hybridized carbons (Fsp3) is 0.522. The number of hydrogen-bond acceptors (Lipinski definition) is 5. The first-order chi connectivity index (χ1) is 14.1. The number of rotatable bonds is 5. The molecule has 0 unspecified atom stereocenters. The zero-order valence-electron chi connectivity index (χ0n) is 17.7. The van der Waals surface area contributed by atoms with Crippen LogP contribution in [0.4, 0.5) is 0 Å². The summed E-state index contributed by atoms with van der Waals surface area (Å²) in [5.41, 5.74) is 4.37. The molecule has 29 heavy (non-hydrogen) atoms. The fourth-order valence-electron chi connectivity index (χ4n) is 5.28. The largest absolute Gasteiger partial charge is 0.504 e. The number of esters is 1. The molecular weight excluding hydrogens is 368 g/mol. The average molecular weight is 399 g/mol. The maximum Gasteiger partial charge on any atom is 0.337 e. The number of fused-ring (bicyclic) bond motifs is 5. The number of nitrogens with zero attached hydrogens (tertiary/aromatic N) is 1. The highest BCUT2D eigenvalue weighted by Crippen LogP contribution is 2.47. The Kier molecular flexibility index (Phi) is 5.54. The summed E-state index contributed by atoms with van der Waals surface area (Å²) in [6.07, 6.45) is 4.46. The molecule has 1 aromatic heterocycles. The molecule has 1 saturated heterocycles. The van der Waals surface area contributed by atoms with Gasteiger partial charge in [-0.05, 0) is 42.4 Å². The van der Waals surface area contributed by atoms with E-state index in [-0.39, 0.29) is 17.9 Å². The number of aromatic amines is 1. The third-order valence-corrected chi connectivity index (χ3v) is 6.67. The summed E-state index contributed by atoms with van der Waals surface area (Å²) in [7, 11) is 4.75. The summed E-state index contributed by atoms with van der Waals surface area (Å²) < 4.78 is 16.0. The Hall–Kier alpha value is -2.47. The first-order valence-electron chi connectivity index (χ1n) is 10.4. The molecule has 3 atom stereocenters. The van der Waals surface area contributed by atoms with E-state index in [2.05, 4.69) is 22.9 Å². The molecule has 156 valence electrons. The van der Waals surface area contributed by atoms with E-state index < -0.39 is 0 Å². The molecule has 3 heterocycles. The SMILES string of the molecule is CC[C@H]1CN2CCc3c([nH]c4cccc(OC)c34)[C@@H]2C[C@@H]1C(=COC)C(=O)OC. The van der Waals surface area contributed by atoms with E-state index in [0.717, 1.165) is 43.6 Å². The second kappa shape index (κ2) is 8.11. The summed E-state index contributed by atoms with van der Waals surface area (Å²) >= 11 is 0. The number of methoxy groups -OCH3 is 3. The first-order valence-corrected chi connectivity index (χ1v) is 10.4. The van der Waals surface area contributed by atoms with E-state index >= 15 is 0 Å². The lowest BCUT2D eigenvalue weighted by atomic mass is 9.74. The lowest BCUT2D eigenvalue weighted by Gasteiger charge is -2.46. The van der Waals surface area contributed by atoms with Gasteiger partial charge in [0.05, 0.1) is 39.2 Å². The summed E-state index contributed by atoms with van der Waals surface area (Å²) in [6.45, 7) is 4.19. The predicted molar refractivity (Wildman–Crippen MR) is 112 cm³/mol. The van der Waals surface area contributed by atoms with Crippen molar-refractivity contribution in [2.45, 2.75) is 32.2 Å². The number of ether oxygens (including phenoxy) is 3. The standard InChI is InChI=1S/C23H30N2O4/c1-5-14-12-25-10-9-15-21-18(7-6-8-20(21)28-3)24-22(15)19(25)11-16(14)17(13-27-2)23(26)29-4/h6-8,13-14,16,19,24H,5,9-12H2,1-4H3/t14-,16-,19-/m0/s1. The Bertz CT molecular complexity index is 932. The lowest BCUT2D eigenvalue weighted by molar-refractivity contribution is -0.137. The Morgan fingerprint density at radius 2 is 2.14 bits per heavy atom. The molecule has 0 saturated carbocycles. The molecule has 0 amide bonds. The number of carbonyl (C=O) groups excluding carboxylic acids is 1. The Balaban J connectivity index is 1.76. The topological polar surface area (TPSA) is 63.8 Å². The van der Waals surface area contributed by atoms with Gasteiger partial charge in [0.15, 0.2) is 0 Å². The van der Waals surface area contributed by atoms with Gasteiger partial charge in [0, 0.05) is 29.7 Å². The van der Waals surface area contributed by atoms with E-state index in [9.17, 15) is 4.79 Å². The highest BCUT2D eigenvalue weighted by Gasteiger charge is 2.42. The van der Waals surface area contributed by atoms with Crippen LogP contribution in [0.2, 0.25) is 0 Å². The summed E-state index contributed by atoms with van der Waals surface area (Å²) in [4.78, 5) is 18.7. The Morgan fingerprint density at radius 1 is 1.31 bits per heavy atom. The van der Waals surface area contributed by atoms with Gasteiger partial charge in [-0.1, -0.05) is 19.4 Å². The first kappa shape index (κ1) is 19.8. The summed E-state index contributed by atoms with van der Waals surface area (Å²) in [6, 6.07) is 6.40. The van der Waals surface area contributed by atoms with Crippen molar-refractivity contribution in [3.05, 3.63) is 41.3 Å². The molecule has 6 heteroatoms. The number of piperidine rings is 1. The minimum absolute atomic E-state index is 0.105. The van der Waals surface area contributed by atoms with Crippen molar-refractivity contribution < 1.29 is 19.0 Å². The lowest BCUT2D eigenvalue weighted by Crippen LogP contribution is -2.47. The zero-order valence-corrected chi connectivity index (χ0v) is 17.7. The fourth-order valence-corrected chi connectivity index (χ4v) is 5.28. The molecule has 2 aromatic rings. The molecule has 1 fully saturated rings. The normalized spacial score (nSPS) is 24.7. The highest BCUT2D eigenvalue weighted by molar-refractivity contribution is 5.91. The number of nitrogens with one attached hydrogen (secondary N) is 1. The van der Waals surface area contributed by atoms with E-state index in [4.69, 9.17) is 14.2 Å². The van der Waals surface area contributed by atoms with Gasteiger partial charge in [-0.2, -0.15) is 0 Å². The zero-order chi connectivity index (χ0) is 20.5. The van der Waals surface area contributed by atoms with Crippen LogP contribution in [0.25, 0.3) is 10.9 Å². The van der Waals surface area contributed by atoms with Crippen LogP contribution in [0.5, 0.6) is 5.75 Å². The van der Waals surface area contributed by atoms with Crippen LogP contribution in [-0.2, 0) is 20.7 Å². The van der Waals surface area contributed by atoms with Crippen molar-refractivity contribution in [3.8, 4) is 5.75 Å². The highest BCUT2D eigenvalue weighted by atomic mass is 16.5. The number of benzene rings is 1. The molecule has 1 aromatic carbocycles. The van der Waals surface area contributed by atoms with Gasteiger partial charge < -0.3 is 19.2 Å². The average Bonchev–Trinajstić information content (AvgIpc) is 3.15. The van der Waals surface area contributed by atoms with Gasteiger partial charge in [0.25, 0.3) is 0 Å². The maximum absolute atomic E-state index is 12.5. The number of aromatic nitrogens is 1. The second-order valence-electron chi connectivity index (χ2n) is 7.97. The van der Waals surface area contributed by atoms with Crippen LogP contribution in [0.3, 0.4) is 0 Å². The van der Waals surface area contributed by atoms with Crippen molar-refractivity contribution in [1.29, 1.82) is 0 Å². The van der Waals surface area contributed by atoms with Crippen LogP contribution in [0.1, 0.15) is 37.1 Å². The third kappa shape index (κ3) is 3.29. The number of carbonyl (C=O) groups is 1. The molecule has 0 spiro atoms. The molecule has 1 N–H and O–H groups in total. The monoisotopic (exact) mass is 398 g/mol. The molecule has 4 rings (SSSR count).